The van der Waals surface area contributed by atoms with E-state index in [-0.39, 0.29) is 17.6 Å². The smallest absolute Gasteiger partial charge is 0.300 e. The number of aromatic nitrogens is 2. The molecule has 5 rings (SSSR count). The van der Waals surface area contributed by atoms with Gasteiger partial charge in [0.1, 0.15) is 5.15 Å². The number of rotatable bonds is 4. The van der Waals surface area contributed by atoms with Crippen LogP contribution in [-0.2, 0) is 4.74 Å². The molecule has 9 heteroatoms. The highest BCUT2D eigenvalue weighted by atomic mass is 35.5. The van der Waals surface area contributed by atoms with Gasteiger partial charge in [-0.15, -0.1) is 0 Å². The third-order valence-corrected chi connectivity index (χ3v) is 6.10. The van der Waals surface area contributed by atoms with Gasteiger partial charge in [-0.3, -0.25) is 4.79 Å². The minimum absolute atomic E-state index is 0.0461. The number of carbonyl (C=O) groups is 1. The molecule has 2 aromatic heterocycles. The van der Waals surface area contributed by atoms with Crippen LogP contribution in [0.15, 0.2) is 40.8 Å². The maximum Gasteiger partial charge on any atom is 0.300 e. The lowest BCUT2D eigenvalue weighted by atomic mass is 10.1. The molecule has 8 nitrogen and oxygen atoms in total. The normalized spacial score (nSPS) is 17.5. The highest BCUT2D eigenvalue weighted by Gasteiger charge is 2.31. The van der Waals surface area contributed by atoms with Gasteiger partial charge in [0.25, 0.3) is 11.9 Å². The van der Waals surface area contributed by atoms with Crippen LogP contribution in [0.3, 0.4) is 0 Å². The molecule has 174 valence electrons. The maximum atomic E-state index is 13.0. The minimum atomic E-state index is -0.123. The summed E-state index contributed by atoms with van der Waals surface area (Å²) in [6.07, 6.45) is 0.261. The molecule has 0 saturated carbocycles. The van der Waals surface area contributed by atoms with Crippen molar-refractivity contribution >= 4 is 40.4 Å². The average Bonchev–Trinajstić information content (AvgIpc) is 3.18. The molecule has 4 heterocycles. The molecule has 0 aliphatic carbocycles. The number of oxazole rings is 1. The summed E-state index contributed by atoms with van der Waals surface area (Å²) in [6, 6.07) is 11.8. The molecule has 2 saturated heterocycles. The quantitative estimate of drug-likeness (QED) is 0.537. The first-order chi connectivity index (χ1) is 15.7. The van der Waals surface area contributed by atoms with Gasteiger partial charge in [0.2, 0.25) is 5.65 Å². The summed E-state index contributed by atoms with van der Waals surface area (Å²) in [5.41, 5.74) is 2.80. The Morgan fingerprint density at radius 1 is 1.00 bits per heavy atom. The maximum absolute atomic E-state index is 13.0. The summed E-state index contributed by atoms with van der Waals surface area (Å²) in [5, 5.41) is 0.385. The van der Waals surface area contributed by atoms with Gasteiger partial charge in [-0.25, -0.2) is 4.98 Å². The van der Waals surface area contributed by atoms with Crippen molar-refractivity contribution < 1.29 is 13.9 Å². The highest BCUT2D eigenvalue weighted by molar-refractivity contribution is 6.29. The molecule has 2 aliphatic rings. The van der Waals surface area contributed by atoms with Crippen LogP contribution in [0.25, 0.3) is 11.2 Å². The molecule has 0 N–H and O–H groups in total. The van der Waals surface area contributed by atoms with Crippen molar-refractivity contribution in [2.75, 3.05) is 49.1 Å². The summed E-state index contributed by atoms with van der Waals surface area (Å²) in [7, 11) is 0. The van der Waals surface area contributed by atoms with Crippen molar-refractivity contribution in [3.05, 3.63) is 47.1 Å². The lowest BCUT2D eigenvalue weighted by molar-refractivity contribution is -0.0701. The molecule has 0 bridgehead atoms. The third kappa shape index (κ3) is 4.77. The molecule has 2 fully saturated rings. The van der Waals surface area contributed by atoms with Crippen LogP contribution in [-0.4, -0.2) is 71.7 Å². The van der Waals surface area contributed by atoms with Gasteiger partial charge in [-0.05, 0) is 57.2 Å². The number of hydrogen-bond donors (Lipinski definition) is 0. The van der Waals surface area contributed by atoms with E-state index in [9.17, 15) is 4.79 Å². The first-order valence-electron chi connectivity index (χ1n) is 11.3. The standard InChI is InChI=1S/C24H28ClN5O3/c1-24(2,3)33-18-14-30(15-18)17-6-4-16(5-7-17)22(31)28-10-12-29(13-11-28)23-27-21-19(32-23)8-9-20(25)26-21/h4-9,18H,10-15H2,1-3H3. The minimum Gasteiger partial charge on any atom is -0.422 e. The number of carbonyl (C=O) groups excluding carboxylic acids is 1. The summed E-state index contributed by atoms with van der Waals surface area (Å²) in [6.45, 7) is 10.5. The number of halogens is 1. The average molecular weight is 470 g/mol. The lowest BCUT2D eigenvalue weighted by Crippen LogP contribution is -2.54. The van der Waals surface area contributed by atoms with E-state index in [0.717, 1.165) is 18.8 Å². The van der Waals surface area contributed by atoms with E-state index in [1.165, 1.54) is 0 Å². The van der Waals surface area contributed by atoms with Gasteiger partial charge in [-0.1, -0.05) is 11.6 Å². The molecule has 0 unspecified atom stereocenters. The number of benzene rings is 1. The predicted molar refractivity (Wildman–Crippen MR) is 128 cm³/mol. The van der Waals surface area contributed by atoms with E-state index in [4.69, 9.17) is 20.8 Å². The van der Waals surface area contributed by atoms with Crippen molar-refractivity contribution in [2.24, 2.45) is 0 Å². The Bertz CT molecular complexity index is 1140. The number of ether oxygens (including phenoxy) is 1. The van der Waals surface area contributed by atoms with E-state index in [1.807, 2.05) is 34.1 Å². The summed E-state index contributed by atoms with van der Waals surface area (Å²) < 4.78 is 11.8. The lowest BCUT2D eigenvalue weighted by Gasteiger charge is -2.43. The van der Waals surface area contributed by atoms with E-state index >= 15 is 0 Å². The van der Waals surface area contributed by atoms with Gasteiger partial charge in [0.15, 0.2) is 5.58 Å². The first kappa shape index (κ1) is 22.0. The fourth-order valence-electron chi connectivity index (χ4n) is 4.24. The van der Waals surface area contributed by atoms with Crippen LogP contribution in [0.2, 0.25) is 5.15 Å². The number of fused-ring (bicyclic) bond motifs is 1. The highest BCUT2D eigenvalue weighted by Crippen LogP contribution is 2.27. The van der Waals surface area contributed by atoms with Gasteiger partial charge in [-0.2, -0.15) is 4.98 Å². The van der Waals surface area contributed by atoms with Gasteiger partial charge >= 0.3 is 0 Å². The van der Waals surface area contributed by atoms with Crippen molar-refractivity contribution in [3.63, 3.8) is 0 Å². The van der Waals surface area contributed by atoms with Crippen molar-refractivity contribution in [3.8, 4) is 0 Å². The molecule has 1 aromatic carbocycles. The molecule has 0 spiro atoms. The molecule has 0 radical (unpaired) electrons. The second kappa shape index (κ2) is 8.50. The van der Waals surface area contributed by atoms with Crippen LogP contribution in [0.5, 0.6) is 0 Å². The summed E-state index contributed by atoms with van der Waals surface area (Å²) in [5.74, 6) is 0.0461. The number of amides is 1. The Morgan fingerprint density at radius 3 is 2.36 bits per heavy atom. The fraction of sp³-hybridized carbons (Fsp3) is 0.458. The van der Waals surface area contributed by atoms with Crippen LogP contribution in [0.1, 0.15) is 31.1 Å². The van der Waals surface area contributed by atoms with E-state index < -0.39 is 0 Å². The van der Waals surface area contributed by atoms with Gasteiger partial charge in [0, 0.05) is 50.5 Å². The van der Waals surface area contributed by atoms with Crippen LogP contribution in [0.4, 0.5) is 11.7 Å². The third-order valence-electron chi connectivity index (χ3n) is 5.89. The number of anilines is 2. The monoisotopic (exact) mass is 469 g/mol. The molecule has 0 atom stereocenters. The van der Waals surface area contributed by atoms with Crippen LogP contribution >= 0.6 is 11.6 Å². The zero-order valence-electron chi connectivity index (χ0n) is 19.1. The molecule has 1 amide bonds. The number of hydrogen-bond acceptors (Lipinski definition) is 7. The predicted octanol–water partition coefficient (Wildman–Crippen LogP) is 3.84. The Morgan fingerprint density at radius 2 is 1.70 bits per heavy atom. The molecule has 3 aromatic rings. The van der Waals surface area contributed by atoms with Crippen molar-refractivity contribution in [2.45, 2.75) is 32.5 Å². The largest absolute Gasteiger partial charge is 0.422 e. The number of piperazine rings is 1. The molecule has 2 aliphatic heterocycles. The zero-order chi connectivity index (χ0) is 23.2. The second-order valence-corrected chi connectivity index (χ2v) is 9.92. The Kier molecular flexibility index (Phi) is 5.66. The number of nitrogens with zero attached hydrogens (tertiary/aromatic N) is 5. The van der Waals surface area contributed by atoms with E-state index in [1.54, 1.807) is 12.1 Å². The second-order valence-electron chi connectivity index (χ2n) is 9.54. The Balaban J connectivity index is 1.15. The van der Waals surface area contributed by atoms with Crippen molar-refractivity contribution in [1.29, 1.82) is 0 Å². The first-order valence-corrected chi connectivity index (χ1v) is 11.6. The fourth-order valence-corrected chi connectivity index (χ4v) is 4.38. The van der Waals surface area contributed by atoms with E-state index in [2.05, 4.69) is 35.6 Å². The Hall–Kier alpha value is -2.84. The van der Waals surface area contributed by atoms with E-state index in [0.29, 0.717) is 54.1 Å². The topological polar surface area (TPSA) is 74.9 Å². The van der Waals surface area contributed by atoms with Crippen LogP contribution in [0, 0.1) is 0 Å². The van der Waals surface area contributed by atoms with Gasteiger partial charge in [0.05, 0.1) is 11.7 Å². The molecule has 33 heavy (non-hydrogen) atoms. The van der Waals surface area contributed by atoms with Gasteiger partial charge < -0.3 is 23.9 Å². The SMILES string of the molecule is CC(C)(C)OC1CN(c2ccc(C(=O)N3CCN(c4nc5nc(Cl)ccc5o4)CC3)cc2)C1. The van der Waals surface area contributed by atoms with Crippen molar-refractivity contribution in [1.82, 2.24) is 14.9 Å². The number of pyridine rings is 1. The zero-order valence-corrected chi connectivity index (χ0v) is 19.9. The molecular weight excluding hydrogens is 442 g/mol. The molecular formula is C24H28ClN5O3. The summed E-state index contributed by atoms with van der Waals surface area (Å²) in [4.78, 5) is 27.8. The Labute approximate surface area is 198 Å². The van der Waals surface area contributed by atoms with Crippen LogP contribution < -0.4 is 9.80 Å². The summed E-state index contributed by atoms with van der Waals surface area (Å²) >= 11 is 5.93.